The van der Waals surface area contributed by atoms with Crippen LogP contribution in [0.3, 0.4) is 0 Å². The summed E-state index contributed by atoms with van der Waals surface area (Å²) in [5.74, 6) is -0.338. The van der Waals surface area contributed by atoms with Crippen molar-refractivity contribution in [2.75, 3.05) is 18.8 Å². The third-order valence-electron chi connectivity index (χ3n) is 3.41. The number of hydrogen-bond donors (Lipinski definition) is 3. The van der Waals surface area contributed by atoms with Gasteiger partial charge in [0.1, 0.15) is 5.69 Å². The lowest BCUT2D eigenvalue weighted by Gasteiger charge is -2.10. The molecule has 0 atom stereocenters. The van der Waals surface area contributed by atoms with Crippen molar-refractivity contribution in [2.24, 2.45) is 0 Å². The van der Waals surface area contributed by atoms with Crippen LogP contribution in [-0.2, 0) is 10.0 Å². The smallest absolute Gasteiger partial charge is 0.270 e. The molecule has 0 bridgehead atoms. The Morgan fingerprint density at radius 1 is 1.19 bits per heavy atom. The molecule has 1 amide bonds. The van der Waals surface area contributed by atoms with Crippen LogP contribution in [0.5, 0.6) is 0 Å². The maximum absolute atomic E-state index is 12.2. The number of carbonyl (C=O) groups is 1. The van der Waals surface area contributed by atoms with Crippen LogP contribution in [-0.4, -0.2) is 37.4 Å². The Hall–Kier alpha value is -2.23. The molecule has 1 aromatic heterocycles. The van der Waals surface area contributed by atoms with E-state index in [-0.39, 0.29) is 35.5 Å². The molecule has 2 aromatic rings. The summed E-state index contributed by atoms with van der Waals surface area (Å²) < 4.78 is 26.6. The lowest BCUT2D eigenvalue weighted by Crippen LogP contribution is -2.35. The van der Waals surface area contributed by atoms with Crippen molar-refractivity contribution >= 4 is 33.5 Å². The van der Waals surface area contributed by atoms with E-state index >= 15 is 0 Å². The summed E-state index contributed by atoms with van der Waals surface area (Å²) in [7, 11) is -3.67. The normalized spacial score (nSPS) is 11.5. The Kier molecular flexibility index (Phi) is 6.52. The Morgan fingerprint density at radius 2 is 1.85 bits per heavy atom. The average Bonchev–Trinajstić information content (AvgIpc) is 2.58. The second-order valence-electron chi connectivity index (χ2n) is 5.80. The molecule has 0 saturated carbocycles. The third kappa shape index (κ3) is 5.38. The van der Waals surface area contributed by atoms with E-state index in [2.05, 4.69) is 20.0 Å². The molecule has 0 spiro atoms. The molecule has 8 nitrogen and oxygen atoms in total. The number of hydrogen-bond acceptors (Lipinski definition) is 6. The van der Waals surface area contributed by atoms with Crippen LogP contribution in [0.2, 0.25) is 5.02 Å². The minimum absolute atomic E-state index is 0.0183. The van der Waals surface area contributed by atoms with Gasteiger partial charge in [-0.1, -0.05) is 25.4 Å². The fraction of sp³-hybridized carbons (Fsp3) is 0.312. The standard InChI is InChI=1S/C16H20ClN5O3S/c1-10(2)13-9-14(22-16(18)21-13)15(23)19-7-8-20-26(24,25)12-5-3-11(17)4-6-12/h3-6,9-10,20H,7-8H2,1-2H3,(H,19,23)(H2,18,21,22). The van der Waals surface area contributed by atoms with Crippen molar-refractivity contribution in [2.45, 2.75) is 24.7 Å². The number of anilines is 1. The van der Waals surface area contributed by atoms with E-state index in [1.807, 2.05) is 13.8 Å². The van der Waals surface area contributed by atoms with Gasteiger partial charge in [-0.2, -0.15) is 0 Å². The second-order valence-corrected chi connectivity index (χ2v) is 8.00. The zero-order valence-corrected chi connectivity index (χ0v) is 15.9. The van der Waals surface area contributed by atoms with Gasteiger partial charge in [0, 0.05) is 23.8 Å². The molecule has 0 saturated heterocycles. The van der Waals surface area contributed by atoms with E-state index in [0.717, 1.165) is 0 Å². The third-order valence-corrected chi connectivity index (χ3v) is 5.14. The van der Waals surface area contributed by atoms with Gasteiger partial charge in [-0.15, -0.1) is 0 Å². The number of sulfonamides is 1. The molecule has 1 heterocycles. The molecular weight excluding hydrogens is 378 g/mol. The zero-order chi connectivity index (χ0) is 19.3. The fourth-order valence-corrected chi connectivity index (χ4v) is 3.20. The number of rotatable bonds is 7. The van der Waals surface area contributed by atoms with E-state index in [9.17, 15) is 13.2 Å². The van der Waals surface area contributed by atoms with Gasteiger partial charge in [0.25, 0.3) is 5.91 Å². The average molecular weight is 398 g/mol. The topological polar surface area (TPSA) is 127 Å². The molecule has 0 fully saturated rings. The van der Waals surface area contributed by atoms with Gasteiger partial charge in [0.05, 0.1) is 4.90 Å². The number of nitrogens with two attached hydrogens (primary N) is 1. The number of aromatic nitrogens is 2. The van der Waals surface area contributed by atoms with Gasteiger partial charge in [0.2, 0.25) is 16.0 Å². The number of halogens is 1. The number of amides is 1. The largest absolute Gasteiger partial charge is 0.368 e. The van der Waals surface area contributed by atoms with Gasteiger partial charge in [-0.25, -0.2) is 23.1 Å². The molecule has 0 aliphatic heterocycles. The second kappa shape index (κ2) is 8.43. The summed E-state index contributed by atoms with van der Waals surface area (Å²) in [5, 5.41) is 3.04. The van der Waals surface area contributed by atoms with Crippen molar-refractivity contribution in [3.05, 3.63) is 46.7 Å². The summed E-state index contributed by atoms with van der Waals surface area (Å²) in [6.07, 6.45) is 0. The Morgan fingerprint density at radius 3 is 2.46 bits per heavy atom. The summed E-state index contributed by atoms with van der Waals surface area (Å²) >= 11 is 5.74. The minimum Gasteiger partial charge on any atom is -0.368 e. The lowest BCUT2D eigenvalue weighted by atomic mass is 10.1. The van der Waals surface area contributed by atoms with Crippen LogP contribution in [0.25, 0.3) is 0 Å². The molecule has 10 heteroatoms. The number of nitrogens with one attached hydrogen (secondary N) is 2. The first-order valence-corrected chi connectivity index (χ1v) is 9.73. The molecule has 140 valence electrons. The van der Waals surface area contributed by atoms with Gasteiger partial charge in [0.15, 0.2) is 0 Å². The highest BCUT2D eigenvalue weighted by Gasteiger charge is 2.15. The van der Waals surface area contributed by atoms with Crippen molar-refractivity contribution in [3.63, 3.8) is 0 Å². The van der Waals surface area contributed by atoms with Gasteiger partial charge >= 0.3 is 0 Å². The van der Waals surface area contributed by atoms with Crippen molar-refractivity contribution in [3.8, 4) is 0 Å². The zero-order valence-electron chi connectivity index (χ0n) is 14.4. The maximum Gasteiger partial charge on any atom is 0.270 e. The predicted octanol–water partition coefficient (Wildman–Crippen LogP) is 1.54. The molecule has 4 N–H and O–H groups in total. The number of nitrogens with zero attached hydrogens (tertiary/aromatic N) is 2. The fourth-order valence-electron chi connectivity index (χ4n) is 2.05. The SMILES string of the molecule is CC(C)c1cc(C(=O)NCCNS(=O)(=O)c2ccc(Cl)cc2)nc(N)n1. The summed E-state index contributed by atoms with van der Waals surface area (Å²) in [6.45, 7) is 3.96. The van der Waals surface area contributed by atoms with Crippen molar-refractivity contribution in [1.29, 1.82) is 0 Å². The van der Waals surface area contributed by atoms with Gasteiger partial charge in [-0.05, 0) is 36.2 Å². The van der Waals surface area contributed by atoms with E-state index in [0.29, 0.717) is 10.7 Å². The summed E-state index contributed by atoms with van der Waals surface area (Å²) in [6, 6.07) is 7.35. The molecule has 0 aliphatic carbocycles. The molecule has 0 radical (unpaired) electrons. The van der Waals surface area contributed by atoms with Gasteiger partial charge < -0.3 is 11.1 Å². The number of benzene rings is 1. The van der Waals surface area contributed by atoms with Crippen LogP contribution in [0.1, 0.15) is 35.9 Å². The van der Waals surface area contributed by atoms with Crippen LogP contribution in [0.4, 0.5) is 5.95 Å². The highest BCUT2D eigenvalue weighted by molar-refractivity contribution is 7.89. The van der Waals surface area contributed by atoms with Crippen LogP contribution in [0, 0.1) is 0 Å². The Balaban J connectivity index is 1.91. The van der Waals surface area contributed by atoms with E-state index in [1.165, 1.54) is 24.3 Å². The number of carbonyl (C=O) groups excluding carboxylic acids is 1. The number of nitrogen functional groups attached to an aromatic ring is 1. The molecule has 2 rings (SSSR count). The monoisotopic (exact) mass is 397 g/mol. The maximum atomic E-state index is 12.2. The molecule has 0 unspecified atom stereocenters. The summed E-state index contributed by atoms with van der Waals surface area (Å²) in [4.78, 5) is 20.2. The minimum atomic E-state index is -3.67. The molecular formula is C16H20ClN5O3S. The Labute approximate surface area is 157 Å². The Bertz CT molecular complexity index is 885. The highest BCUT2D eigenvalue weighted by atomic mass is 35.5. The van der Waals surface area contributed by atoms with Crippen LogP contribution >= 0.6 is 11.6 Å². The van der Waals surface area contributed by atoms with Crippen molar-refractivity contribution in [1.82, 2.24) is 20.0 Å². The quantitative estimate of drug-likeness (QED) is 0.608. The molecule has 26 heavy (non-hydrogen) atoms. The van der Waals surface area contributed by atoms with E-state index < -0.39 is 15.9 Å². The van der Waals surface area contributed by atoms with E-state index in [1.54, 1.807) is 6.07 Å². The molecule has 0 aliphatic rings. The van der Waals surface area contributed by atoms with Crippen LogP contribution in [0.15, 0.2) is 35.2 Å². The first-order chi connectivity index (χ1) is 12.2. The first-order valence-electron chi connectivity index (χ1n) is 7.87. The molecule has 1 aromatic carbocycles. The van der Waals surface area contributed by atoms with Crippen molar-refractivity contribution < 1.29 is 13.2 Å². The highest BCUT2D eigenvalue weighted by Crippen LogP contribution is 2.14. The first kappa shape index (κ1) is 20.1. The predicted molar refractivity (Wildman–Crippen MR) is 99.5 cm³/mol. The summed E-state index contributed by atoms with van der Waals surface area (Å²) in [5.41, 5.74) is 6.42. The lowest BCUT2D eigenvalue weighted by molar-refractivity contribution is 0.0949. The van der Waals surface area contributed by atoms with E-state index in [4.69, 9.17) is 17.3 Å². The van der Waals surface area contributed by atoms with Gasteiger partial charge in [-0.3, -0.25) is 4.79 Å². The van der Waals surface area contributed by atoms with Crippen LogP contribution < -0.4 is 15.8 Å².